The Morgan fingerprint density at radius 1 is 1.17 bits per heavy atom. The SMILES string of the molecule is Cc1cnc(C(CCc2ccccc2)NN)cn1. The number of aryl methyl sites for hydroxylation is 2. The first kappa shape index (κ1) is 12.7. The summed E-state index contributed by atoms with van der Waals surface area (Å²) in [5, 5.41) is 0. The summed E-state index contributed by atoms with van der Waals surface area (Å²) in [7, 11) is 0. The number of rotatable bonds is 5. The minimum Gasteiger partial charge on any atom is -0.271 e. The van der Waals surface area contributed by atoms with Crippen LogP contribution in [0, 0.1) is 6.92 Å². The Morgan fingerprint density at radius 2 is 1.94 bits per heavy atom. The quantitative estimate of drug-likeness (QED) is 0.621. The number of hydrazine groups is 1. The molecule has 4 nitrogen and oxygen atoms in total. The maximum Gasteiger partial charge on any atom is 0.0769 e. The van der Waals surface area contributed by atoms with Gasteiger partial charge in [-0.05, 0) is 25.3 Å². The summed E-state index contributed by atoms with van der Waals surface area (Å²) in [6, 6.07) is 10.4. The second-order valence-corrected chi connectivity index (χ2v) is 4.33. The van der Waals surface area contributed by atoms with E-state index in [4.69, 9.17) is 5.84 Å². The molecule has 0 fully saturated rings. The lowest BCUT2D eigenvalue weighted by Crippen LogP contribution is -2.29. The van der Waals surface area contributed by atoms with Crippen LogP contribution in [0.2, 0.25) is 0 Å². The van der Waals surface area contributed by atoms with E-state index in [1.807, 2.05) is 25.1 Å². The molecule has 0 spiro atoms. The fraction of sp³-hybridized carbons (Fsp3) is 0.286. The van der Waals surface area contributed by atoms with Gasteiger partial charge in [-0.3, -0.25) is 21.2 Å². The minimum atomic E-state index is 0.0401. The average molecular weight is 242 g/mol. The zero-order valence-electron chi connectivity index (χ0n) is 10.5. The van der Waals surface area contributed by atoms with Gasteiger partial charge in [0.05, 0.1) is 23.6 Å². The van der Waals surface area contributed by atoms with Gasteiger partial charge in [0.25, 0.3) is 0 Å². The standard InChI is InChI=1S/C14H18N4/c1-11-9-17-14(10-16-11)13(18-15)8-7-12-5-3-2-4-6-12/h2-6,9-10,13,18H,7-8,15H2,1H3. The molecule has 1 unspecified atom stereocenters. The van der Waals surface area contributed by atoms with Gasteiger partial charge in [0.1, 0.15) is 0 Å². The van der Waals surface area contributed by atoms with Crippen LogP contribution in [0.4, 0.5) is 0 Å². The van der Waals surface area contributed by atoms with E-state index in [0.717, 1.165) is 24.2 Å². The van der Waals surface area contributed by atoms with E-state index in [2.05, 4.69) is 27.5 Å². The lowest BCUT2D eigenvalue weighted by atomic mass is 10.0. The Hall–Kier alpha value is -1.78. The van der Waals surface area contributed by atoms with Crippen molar-refractivity contribution in [2.45, 2.75) is 25.8 Å². The lowest BCUT2D eigenvalue weighted by molar-refractivity contribution is 0.502. The van der Waals surface area contributed by atoms with Crippen LogP contribution >= 0.6 is 0 Å². The van der Waals surface area contributed by atoms with Crippen molar-refractivity contribution in [3.63, 3.8) is 0 Å². The van der Waals surface area contributed by atoms with Gasteiger partial charge in [0.15, 0.2) is 0 Å². The van der Waals surface area contributed by atoms with Crippen molar-refractivity contribution in [3.8, 4) is 0 Å². The second-order valence-electron chi connectivity index (χ2n) is 4.33. The van der Waals surface area contributed by atoms with Crippen molar-refractivity contribution >= 4 is 0 Å². The molecule has 1 heterocycles. The van der Waals surface area contributed by atoms with E-state index < -0.39 is 0 Å². The molecule has 2 rings (SSSR count). The Labute approximate surface area is 107 Å². The molecule has 0 saturated heterocycles. The fourth-order valence-electron chi connectivity index (χ4n) is 1.85. The molecule has 1 atom stereocenters. The molecule has 0 radical (unpaired) electrons. The van der Waals surface area contributed by atoms with Crippen LogP contribution in [0.3, 0.4) is 0 Å². The van der Waals surface area contributed by atoms with Gasteiger partial charge in [0.2, 0.25) is 0 Å². The zero-order chi connectivity index (χ0) is 12.8. The molecule has 18 heavy (non-hydrogen) atoms. The summed E-state index contributed by atoms with van der Waals surface area (Å²) in [5.74, 6) is 5.59. The Balaban J connectivity index is 1.99. The molecule has 4 heteroatoms. The van der Waals surface area contributed by atoms with Crippen LogP contribution in [0.25, 0.3) is 0 Å². The van der Waals surface area contributed by atoms with Crippen molar-refractivity contribution in [1.29, 1.82) is 0 Å². The van der Waals surface area contributed by atoms with Crippen LogP contribution in [-0.2, 0) is 6.42 Å². The smallest absolute Gasteiger partial charge is 0.0769 e. The Morgan fingerprint density at radius 3 is 2.56 bits per heavy atom. The second kappa shape index (κ2) is 6.23. The van der Waals surface area contributed by atoms with Crippen molar-refractivity contribution in [2.75, 3.05) is 0 Å². The molecule has 1 aromatic carbocycles. The number of hydrogen-bond acceptors (Lipinski definition) is 4. The first-order chi connectivity index (χ1) is 8.79. The first-order valence-electron chi connectivity index (χ1n) is 6.08. The average Bonchev–Trinajstić information content (AvgIpc) is 2.42. The van der Waals surface area contributed by atoms with E-state index in [1.54, 1.807) is 12.4 Å². The molecule has 94 valence electrons. The third-order valence-corrected chi connectivity index (χ3v) is 2.92. The van der Waals surface area contributed by atoms with E-state index in [0.29, 0.717) is 0 Å². The Bertz CT molecular complexity index is 467. The highest BCUT2D eigenvalue weighted by Gasteiger charge is 2.11. The molecule has 0 aliphatic heterocycles. The molecule has 1 aromatic heterocycles. The zero-order valence-corrected chi connectivity index (χ0v) is 10.5. The van der Waals surface area contributed by atoms with Crippen molar-refractivity contribution in [2.24, 2.45) is 5.84 Å². The number of aromatic nitrogens is 2. The normalized spacial score (nSPS) is 12.3. The number of nitrogens with zero attached hydrogens (tertiary/aromatic N) is 2. The van der Waals surface area contributed by atoms with Crippen LogP contribution in [-0.4, -0.2) is 9.97 Å². The highest BCUT2D eigenvalue weighted by atomic mass is 15.2. The number of nitrogens with two attached hydrogens (primary N) is 1. The summed E-state index contributed by atoms with van der Waals surface area (Å²) in [6.45, 7) is 1.92. The summed E-state index contributed by atoms with van der Waals surface area (Å²) in [6.07, 6.45) is 5.41. The summed E-state index contributed by atoms with van der Waals surface area (Å²) < 4.78 is 0. The van der Waals surface area contributed by atoms with Gasteiger partial charge in [0, 0.05) is 6.20 Å². The predicted octanol–water partition coefficient (Wildman–Crippen LogP) is 1.92. The number of hydrogen-bond donors (Lipinski definition) is 2. The van der Waals surface area contributed by atoms with Gasteiger partial charge in [-0.15, -0.1) is 0 Å². The molecule has 0 amide bonds. The minimum absolute atomic E-state index is 0.0401. The van der Waals surface area contributed by atoms with Gasteiger partial charge < -0.3 is 0 Å². The van der Waals surface area contributed by atoms with Gasteiger partial charge in [-0.2, -0.15) is 0 Å². The third-order valence-electron chi connectivity index (χ3n) is 2.92. The van der Waals surface area contributed by atoms with Crippen LogP contribution < -0.4 is 11.3 Å². The number of nitrogens with one attached hydrogen (secondary N) is 1. The van der Waals surface area contributed by atoms with Crippen LogP contribution in [0.1, 0.15) is 29.4 Å². The molecule has 0 aliphatic carbocycles. The summed E-state index contributed by atoms with van der Waals surface area (Å²) >= 11 is 0. The first-order valence-corrected chi connectivity index (χ1v) is 6.08. The molecule has 3 N–H and O–H groups in total. The summed E-state index contributed by atoms with van der Waals surface area (Å²) in [5.41, 5.74) is 5.91. The van der Waals surface area contributed by atoms with Gasteiger partial charge >= 0.3 is 0 Å². The van der Waals surface area contributed by atoms with Crippen LogP contribution in [0.5, 0.6) is 0 Å². The monoisotopic (exact) mass is 242 g/mol. The topological polar surface area (TPSA) is 63.8 Å². The molecule has 0 bridgehead atoms. The van der Waals surface area contributed by atoms with Crippen molar-refractivity contribution < 1.29 is 0 Å². The van der Waals surface area contributed by atoms with Crippen molar-refractivity contribution in [3.05, 3.63) is 59.7 Å². The predicted molar refractivity (Wildman–Crippen MR) is 71.6 cm³/mol. The van der Waals surface area contributed by atoms with Crippen LogP contribution in [0.15, 0.2) is 42.7 Å². The molecule has 0 aliphatic rings. The molecule has 0 saturated carbocycles. The highest BCUT2D eigenvalue weighted by molar-refractivity contribution is 5.15. The fourth-order valence-corrected chi connectivity index (χ4v) is 1.85. The lowest BCUT2D eigenvalue weighted by Gasteiger charge is -2.14. The van der Waals surface area contributed by atoms with E-state index in [-0.39, 0.29) is 6.04 Å². The van der Waals surface area contributed by atoms with E-state index in [1.165, 1.54) is 5.56 Å². The molecular weight excluding hydrogens is 224 g/mol. The molecule has 2 aromatic rings. The van der Waals surface area contributed by atoms with Crippen molar-refractivity contribution in [1.82, 2.24) is 15.4 Å². The highest BCUT2D eigenvalue weighted by Crippen LogP contribution is 2.15. The van der Waals surface area contributed by atoms with Gasteiger partial charge in [-0.25, -0.2) is 0 Å². The number of benzene rings is 1. The maximum absolute atomic E-state index is 5.59. The summed E-state index contributed by atoms with van der Waals surface area (Å²) in [4.78, 5) is 8.60. The van der Waals surface area contributed by atoms with E-state index in [9.17, 15) is 0 Å². The largest absolute Gasteiger partial charge is 0.271 e. The third kappa shape index (κ3) is 3.35. The Kier molecular flexibility index (Phi) is 4.39. The van der Waals surface area contributed by atoms with E-state index >= 15 is 0 Å². The van der Waals surface area contributed by atoms with Gasteiger partial charge in [-0.1, -0.05) is 30.3 Å². The molecular formula is C14H18N4. The maximum atomic E-state index is 5.59.